The van der Waals surface area contributed by atoms with E-state index in [-0.39, 0.29) is 11.9 Å². The first-order chi connectivity index (χ1) is 14.1. The smallest absolute Gasteiger partial charge is 0.251 e. The molecule has 2 unspecified atom stereocenters. The van der Waals surface area contributed by atoms with Crippen LogP contribution in [-0.4, -0.2) is 34.4 Å². The summed E-state index contributed by atoms with van der Waals surface area (Å²) in [6.45, 7) is 6.12. The molecule has 29 heavy (non-hydrogen) atoms. The van der Waals surface area contributed by atoms with Crippen LogP contribution in [0.1, 0.15) is 34.8 Å². The van der Waals surface area contributed by atoms with Crippen molar-refractivity contribution in [2.24, 2.45) is 0 Å². The summed E-state index contributed by atoms with van der Waals surface area (Å²) in [5, 5.41) is 3.28. The third kappa shape index (κ3) is 4.22. The van der Waals surface area contributed by atoms with Gasteiger partial charge in [0.05, 0.1) is 5.69 Å². The summed E-state index contributed by atoms with van der Waals surface area (Å²) in [4.78, 5) is 19.9. The Morgan fingerprint density at radius 1 is 1.07 bits per heavy atom. The number of pyridine rings is 1. The van der Waals surface area contributed by atoms with Crippen molar-refractivity contribution in [2.75, 3.05) is 6.54 Å². The van der Waals surface area contributed by atoms with Crippen LogP contribution in [0.5, 0.6) is 0 Å². The highest BCUT2D eigenvalue weighted by molar-refractivity contribution is 5.97. The lowest BCUT2D eigenvalue weighted by molar-refractivity contribution is 0.0926. The molecule has 0 saturated carbocycles. The molecule has 2 heterocycles. The van der Waals surface area contributed by atoms with Crippen LogP contribution in [0.4, 0.5) is 0 Å². The van der Waals surface area contributed by atoms with E-state index in [1.807, 2.05) is 49.4 Å². The first-order valence-corrected chi connectivity index (χ1v) is 10.2. The zero-order valence-electron chi connectivity index (χ0n) is 17.0. The second-order valence-corrected chi connectivity index (χ2v) is 7.76. The SMILES string of the molecule is Cc1c(C(=O)NC2CCN(Cc3ccccc3)C2C)cccc1-c1ccccn1. The third-order valence-corrected chi connectivity index (χ3v) is 5.95. The minimum absolute atomic E-state index is 0.00121. The molecule has 1 N–H and O–H groups in total. The predicted octanol–water partition coefficient (Wildman–Crippen LogP) is 4.45. The molecule has 1 aromatic heterocycles. The van der Waals surface area contributed by atoms with Gasteiger partial charge in [-0.25, -0.2) is 0 Å². The zero-order chi connectivity index (χ0) is 20.2. The Morgan fingerprint density at radius 2 is 1.86 bits per heavy atom. The van der Waals surface area contributed by atoms with Gasteiger partial charge in [-0.05, 0) is 49.6 Å². The molecule has 1 saturated heterocycles. The molecule has 148 valence electrons. The number of carbonyl (C=O) groups is 1. The van der Waals surface area contributed by atoms with E-state index in [9.17, 15) is 4.79 Å². The maximum atomic E-state index is 13.1. The lowest BCUT2D eigenvalue weighted by Gasteiger charge is -2.25. The highest BCUT2D eigenvalue weighted by Gasteiger charge is 2.32. The number of benzene rings is 2. The van der Waals surface area contributed by atoms with E-state index in [1.165, 1.54) is 5.56 Å². The van der Waals surface area contributed by atoms with Crippen LogP contribution >= 0.6 is 0 Å². The molecule has 0 radical (unpaired) electrons. The van der Waals surface area contributed by atoms with Crippen molar-refractivity contribution < 1.29 is 4.79 Å². The molecule has 2 aromatic carbocycles. The number of nitrogens with zero attached hydrogens (tertiary/aromatic N) is 2. The van der Waals surface area contributed by atoms with Gasteiger partial charge >= 0.3 is 0 Å². The first-order valence-electron chi connectivity index (χ1n) is 10.2. The van der Waals surface area contributed by atoms with Gasteiger partial charge in [-0.2, -0.15) is 0 Å². The van der Waals surface area contributed by atoms with Crippen molar-refractivity contribution in [1.29, 1.82) is 0 Å². The van der Waals surface area contributed by atoms with E-state index in [0.717, 1.165) is 41.9 Å². The fraction of sp³-hybridized carbons (Fsp3) is 0.280. The summed E-state index contributed by atoms with van der Waals surface area (Å²) in [5.41, 5.74) is 4.90. The largest absolute Gasteiger partial charge is 0.348 e. The standard InChI is InChI=1S/C25H27N3O/c1-18-21(24-13-6-7-15-26-24)11-8-12-22(18)25(29)27-23-14-16-28(19(23)2)17-20-9-4-3-5-10-20/h3-13,15,19,23H,14,16-17H2,1-2H3,(H,27,29). The number of likely N-dealkylation sites (tertiary alicyclic amines) is 1. The molecule has 0 aliphatic carbocycles. The van der Waals surface area contributed by atoms with Gasteiger partial charge in [0.15, 0.2) is 0 Å². The van der Waals surface area contributed by atoms with Gasteiger partial charge in [-0.1, -0.05) is 48.5 Å². The maximum absolute atomic E-state index is 13.1. The average molecular weight is 386 g/mol. The van der Waals surface area contributed by atoms with E-state index in [4.69, 9.17) is 0 Å². The van der Waals surface area contributed by atoms with E-state index in [0.29, 0.717) is 6.04 Å². The molecule has 4 heteroatoms. The van der Waals surface area contributed by atoms with Gasteiger partial charge in [-0.15, -0.1) is 0 Å². The lowest BCUT2D eigenvalue weighted by Crippen LogP contribution is -2.43. The summed E-state index contributed by atoms with van der Waals surface area (Å²) >= 11 is 0. The Kier molecular flexibility index (Phi) is 5.72. The number of amides is 1. The quantitative estimate of drug-likeness (QED) is 0.706. The summed E-state index contributed by atoms with van der Waals surface area (Å²) in [5.74, 6) is -0.00121. The summed E-state index contributed by atoms with van der Waals surface area (Å²) in [6.07, 6.45) is 2.75. The number of nitrogens with one attached hydrogen (secondary N) is 1. The van der Waals surface area contributed by atoms with Crippen LogP contribution in [0.2, 0.25) is 0 Å². The van der Waals surface area contributed by atoms with Crippen LogP contribution < -0.4 is 5.32 Å². The van der Waals surface area contributed by atoms with E-state index in [2.05, 4.69) is 46.4 Å². The molecule has 0 bridgehead atoms. The Balaban J connectivity index is 1.46. The third-order valence-electron chi connectivity index (χ3n) is 5.95. The maximum Gasteiger partial charge on any atom is 0.251 e. The van der Waals surface area contributed by atoms with Gasteiger partial charge in [0.25, 0.3) is 5.91 Å². The second-order valence-electron chi connectivity index (χ2n) is 7.76. The molecule has 3 aromatic rings. The van der Waals surface area contributed by atoms with Crippen molar-refractivity contribution in [3.8, 4) is 11.3 Å². The fourth-order valence-electron chi connectivity index (χ4n) is 4.17. The number of aromatic nitrogens is 1. The van der Waals surface area contributed by atoms with Crippen molar-refractivity contribution >= 4 is 5.91 Å². The van der Waals surface area contributed by atoms with Gasteiger partial charge in [0.2, 0.25) is 0 Å². The van der Waals surface area contributed by atoms with Crippen molar-refractivity contribution in [3.05, 3.63) is 89.6 Å². The molecule has 1 aliphatic rings. The summed E-state index contributed by atoms with van der Waals surface area (Å²) < 4.78 is 0. The Bertz CT molecular complexity index is 972. The minimum atomic E-state index is -0.00121. The van der Waals surface area contributed by atoms with Gasteiger partial charge < -0.3 is 5.32 Å². The minimum Gasteiger partial charge on any atom is -0.348 e. The molecular weight excluding hydrogens is 358 g/mol. The molecule has 1 amide bonds. The first kappa shape index (κ1) is 19.3. The van der Waals surface area contributed by atoms with Crippen LogP contribution in [-0.2, 0) is 6.54 Å². The van der Waals surface area contributed by atoms with Crippen LogP contribution in [0, 0.1) is 6.92 Å². The number of hydrogen-bond donors (Lipinski definition) is 1. The van der Waals surface area contributed by atoms with E-state index in [1.54, 1.807) is 6.20 Å². The van der Waals surface area contributed by atoms with Crippen molar-refractivity contribution in [3.63, 3.8) is 0 Å². The van der Waals surface area contributed by atoms with Gasteiger partial charge in [-0.3, -0.25) is 14.7 Å². The predicted molar refractivity (Wildman–Crippen MR) is 117 cm³/mol. The monoisotopic (exact) mass is 385 g/mol. The van der Waals surface area contributed by atoms with Crippen molar-refractivity contribution in [2.45, 2.75) is 38.9 Å². The normalized spacial score (nSPS) is 19.2. The lowest BCUT2D eigenvalue weighted by atomic mass is 9.98. The molecule has 4 rings (SSSR count). The fourth-order valence-corrected chi connectivity index (χ4v) is 4.17. The zero-order valence-corrected chi connectivity index (χ0v) is 17.0. The molecule has 2 atom stereocenters. The average Bonchev–Trinajstić information content (AvgIpc) is 3.09. The highest BCUT2D eigenvalue weighted by Crippen LogP contribution is 2.25. The van der Waals surface area contributed by atoms with Gasteiger partial charge in [0.1, 0.15) is 0 Å². The van der Waals surface area contributed by atoms with Gasteiger partial charge in [0, 0.05) is 42.5 Å². The number of carbonyl (C=O) groups excluding carboxylic acids is 1. The van der Waals surface area contributed by atoms with Crippen LogP contribution in [0.15, 0.2) is 72.9 Å². The van der Waals surface area contributed by atoms with Crippen LogP contribution in [0.3, 0.4) is 0 Å². The molecule has 4 nitrogen and oxygen atoms in total. The van der Waals surface area contributed by atoms with E-state index < -0.39 is 0 Å². The molecular formula is C25H27N3O. The summed E-state index contributed by atoms with van der Waals surface area (Å²) in [6, 6.07) is 22.7. The van der Waals surface area contributed by atoms with Crippen LogP contribution in [0.25, 0.3) is 11.3 Å². The highest BCUT2D eigenvalue weighted by atomic mass is 16.1. The number of rotatable bonds is 5. The Labute approximate surface area is 172 Å². The molecule has 0 spiro atoms. The van der Waals surface area contributed by atoms with E-state index >= 15 is 0 Å². The Morgan fingerprint density at radius 3 is 2.62 bits per heavy atom. The Hall–Kier alpha value is -2.98. The number of hydrogen-bond acceptors (Lipinski definition) is 3. The second kappa shape index (κ2) is 8.58. The molecule has 1 aliphatic heterocycles. The topological polar surface area (TPSA) is 45.2 Å². The summed E-state index contributed by atoms with van der Waals surface area (Å²) in [7, 11) is 0. The van der Waals surface area contributed by atoms with Crippen molar-refractivity contribution in [1.82, 2.24) is 15.2 Å². The molecule has 1 fully saturated rings.